The van der Waals surface area contributed by atoms with Crippen molar-refractivity contribution in [2.24, 2.45) is 0 Å². The van der Waals surface area contributed by atoms with Crippen molar-refractivity contribution in [3.05, 3.63) is 40.9 Å². The average molecular weight is 308 g/mol. The average Bonchev–Trinajstić information content (AvgIpc) is 3.02. The van der Waals surface area contributed by atoms with E-state index in [9.17, 15) is 4.79 Å². The van der Waals surface area contributed by atoms with Crippen molar-refractivity contribution < 1.29 is 9.53 Å². The fourth-order valence-corrected chi connectivity index (χ4v) is 3.19. The van der Waals surface area contributed by atoms with Gasteiger partial charge in [-0.25, -0.2) is 14.8 Å². The Kier molecular flexibility index (Phi) is 3.19. The fourth-order valence-electron chi connectivity index (χ4n) is 1.91. The van der Waals surface area contributed by atoms with Gasteiger partial charge in [-0.3, -0.25) is 4.57 Å². The summed E-state index contributed by atoms with van der Waals surface area (Å²) in [5.41, 5.74) is 1.73. The van der Waals surface area contributed by atoms with Crippen molar-refractivity contribution in [1.82, 2.24) is 14.5 Å². The number of nitrogens with zero attached hydrogens (tertiary/aromatic N) is 3. The molecule has 0 aliphatic heterocycles. The molecule has 2 aromatic heterocycles. The normalized spacial score (nSPS) is 10.9. The zero-order valence-electron chi connectivity index (χ0n) is 10.8. The summed E-state index contributed by atoms with van der Waals surface area (Å²) in [4.78, 5) is 20.1. The molecule has 0 aliphatic rings. The van der Waals surface area contributed by atoms with Crippen LogP contribution in [0.3, 0.4) is 0 Å². The van der Waals surface area contributed by atoms with E-state index in [1.165, 1.54) is 18.4 Å². The molecule has 0 bridgehead atoms. The molecule has 2 heterocycles. The molecule has 5 nitrogen and oxygen atoms in total. The van der Waals surface area contributed by atoms with Gasteiger partial charge < -0.3 is 4.74 Å². The lowest BCUT2D eigenvalue weighted by molar-refractivity contribution is 0.0593. The number of methoxy groups -OCH3 is 1. The van der Waals surface area contributed by atoms with Gasteiger partial charge in [-0.1, -0.05) is 29.0 Å². The quantitative estimate of drug-likeness (QED) is 0.682. The molecule has 3 aromatic rings. The van der Waals surface area contributed by atoms with Crippen molar-refractivity contribution >= 4 is 39.1 Å². The van der Waals surface area contributed by atoms with Crippen LogP contribution >= 0.6 is 22.9 Å². The molecular formula is C13H10ClN3O2S. The van der Waals surface area contributed by atoms with E-state index in [4.69, 9.17) is 16.3 Å². The molecule has 0 atom stereocenters. The third-order valence-electron chi connectivity index (χ3n) is 2.95. The molecule has 0 saturated carbocycles. The van der Waals surface area contributed by atoms with Gasteiger partial charge in [0.1, 0.15) is 11.8 Å². The van der Waals surface area contributed by atoms with Crippen LogP contribution in [0.15, 0.2) is 24.5 Å². The number of rotatable bonds is 2. The number of ether oxygens (including phenoxy) is 1. The standard InChI is InChI=1S/C13H10ClN3O2S/c1-7-10(12(18)19-2)15-6-17(7)13-16-11-8(14)4-3-5-9(11)20-13/h3-6H,1-2H3. The summed E-state index contributed by atoms with van der Waals surface area (Å²) in [5, 5.41) is 1.32. The number of halogens is 1. The number of thiazole rings is 1. The second kappa shape index (κ2) is 4.88. The van der Waals surface area contributed by atoms with Gasteiger partial charge in [0.25, 0.3) is 0 Å². The number of aromatic nitrogens is 3. The number of benzene rings is 1. The van der Waals surface area contributed by atoms with Crippen LogP contribution in [0.25, 0.3) is 15.3 Å². The van der Waals surface area contributed by atoms with Crippen molar-refractivity contribution in [1.29, 1.82) is 0 Å². The third kappa shape index (κ3) is 1.97. The highest BCUT2D eigenvalue weighted by atomic mass is 35.5. The first-order chi connectivity index (χ1) is 9.61. The lowest BCUT2D eigenvalue weighted by Gasteiger charge is -2.00. The molecule has 3 rings (SSSR count). The van der Waals surface area contributed by atoms with Crippen LogP contribution in [-0.4, -0.2) is 27.6 Å². The Bertz CT molecular complexity index is 809. The summed E-state index contributed by atoms with van der Waals surface area (Å²) in [6, 6.07) is 5.64. The number of imidazole rings is 1. The molecule has 0 radical (unpaired) electrons. The Balaban J connectivity index is 2.14. The molecule has 0 fully saturated rings. The van der Waals surface area contributed by atoms with Gasteiger partial charge in [-0.15, -0.1) is 0 Å². The molecule has 0 aliphatic carbocycles. The molecular weight excluding hydrogens is 298 g/mol. The highest BCUT2D eigenvalue weighted by molar-refractivity contribution is 7.20. The van der Waals surface area contributed by atoms with Gasteiger partial charge in [-0.05, 0) is 19.1 Å². The molecule has 0 unspecified atom stereocenters. The van der Waals surface area contributed by atoms with Gasteiger partial charge in [0.15, 0.2) is 10.8 Å². The zero-order valence-corrected chi connectivity index (χ0v) is 12.3. The predicted octanol–water partition coefficient (Wildman–Crippen LogP) is 3.23. The monoisotopic (exact) mass is 307 g/mol. The van der Waals surface area contributed by atoms with E-state index < -0.39 is 5.97 Å². The Morgan fingerprint density at radius 1 is 1.45 bits per heavy atom. The number of carbonyl (C=O) groups is 1. The Morgan fingerprint density at radius 2 is 2.25 bits per heavy atom. The summed E-state index contributed by atoms with van der Waals surface area (Å²) in [6.45, 7) is 1.80. The maximum atomic E-state index is 11.6. The highest BCUT2D eigenvalue weighted by Crippen LogP contribution is 2.30. The SMILES string of the molecule is COC(=O)c1ncn(-c2nc3c(Cl)cccc3s2)c1C. The number of fused-ring (bicyclic) bond motifs is 1. The fraction of sp³-hybridized carbons (Fsp3) is 0.154. The molecule has 102 valence electrons. The van der Waals surface area contributed by atoms with E-state index in [0.717, 1.165) is 10.2 Å². The van der Waals surface area contributed by atoms with Gasteiger partial charge in [-0.2, -0.15) is 0 Å². The minimum absolute atomic E-state index is 0.290. The van der Waals surface area contributed by atoms with Crippen LogP contribution in [0.1, 0.15) is 16.2 Å². The van der Waals surface area contributed by atoms with Gasteiger partial charge in [0.05, 0.1) is 22.5 Å². The Hall–Kier alpha value is -1.92. The van der Waals surface area contributed by atoms with Gasteiger partial charge in [0.2, 0.25) is 0 Å². The molecule has 0 N–H and O–H groups in total. The van der Waals surface area contributed by atoms with Gasteiger partial charge >= 0.3 is 5.97 Å². The van der Waals surface area contributed by atoms with Crippen molar-refractivity contribution in [2.45, 2.75) is 6.92 Å². The molecule has 0 spiro atoms. The molecule has 20 heavy (non-hydrogen) atoms. The smallest absolute Gasteiger partial charge is 0.358 e. The summed E-state index contributed by atoms with van der Waals surface area (Å²) >= 11 is 7.61. The van der Waals surface area contributed by atoms with E-state index in [1.807, 2.05) is 12.1 Å². The van der Waals surface area contributed by atoms with Crippen molar-refractivity contribution in [2.75, 3.05) is 7.11 Å². The van der Waals surface area contributed by atoms with Crippen molar-refractivity contribution in [3.63, 3.8) is 0 Å². The molecule has 7 heteroatoms. The second-order valence-corrected chi connectivity index (χ2v) is 5.54. The lowest BCUT2D eigenvalue weighted by Crippen LogP contribution is -2.05. The molecule has 1 aromatic carbocycles. The summed E-state index contributed by atoms with van der Waals surface area (Å²) in [6.07, 6.45) is 1.56. The van der Waals surface area contributed by atoms with Crippen LogP contribution in [0, 0.1) is 6.92 Å². The first-order valence-corrected chi connectivity index (χ1v) is 6.99. The topological polar surface area (TPSA) is 57.0 Å². The first-order valence-electron chi connectivity index (χ1n) is 5.79. The third-order valence-corrected chi connectivity index (χ3v) is 4.27. The number of hydrogen-bond donors (Lipinski definition) is 0. The minimum Gasteiger partial charge on any atom is -0.464 e. The van der Waals surface area contributed by atoms with Crippen LogP contribution < -0.4 is 0 Å². The van der Waals surface area contributed by atoms with E-state index >= 15 is 0 Å². The Labute approximate surface area is 123 Å². The van der Waals surface area contributed by atoms with Crippen LogP contribution in [0.2, 0.25) is 5.02 Å². The largest absolute Gasteiger partial charge is 0.464 e. The van der Waals surface area contributed by atoms with E-state index in [0.29, 0.717) is 15.8 Å². The van der Waals surface area contributed by atoms with Crippen LogP contribution in [-0.2, 0) is 4.74 Å². The molecule has 0 saturated heterocycles. The number of para-hydroxylation sites is 1. The summed E-state index contributed by atoms with van der Waals surface area (Å²) in [7, 11) is 1.33. The zero-order chi connectivity index (χ0) is 14.3. The molecule has 0 amide bonds. The lowest BCUT2D eigenvalue weighted by atomic mass is 10.3. The maximum absolute atomic E-state index is 11.6. The highest BCUT2D eigenvalue weighted by Gasteiger charge is 2.18. The number of esters is 1. The predicted molar refractivity (Wildman–Crippen MR) is 77.8 cm³/mol. The number of carbonyl (C=O) groups excluding carboxylic acids is 1. The second-order valence-electron chi connectivity index (χ2n) is 4.12. The summed E-state index contributed by atoms with van der Waals surface area (Å²) < 4.78 is 7.43. The van der Waals surface area contributed by atoms with Crippen LogP contribution in [0.4, 0.5) is 0 Å². The van der Waals surface area contributed by atoms with Crippen LogP contribution in [0.5, 0.6) is 0 Å². The minimum atomic E-state index is -0.458. The van der Waals surface area contributed by atoms with Gasteiger partial charge in [0, 0.05) is 0 Å². The first kappa shape index (κ1) is 13.1. The van der Waals surface area contributed by atoms with E-state index in [2.05, 4.69) is 9.97 Å². The summed E-state index contributed by atoms with van der Waals surface area (Å²) in [5.74, 6) is -0.458. The van der Waals surface area contributed by atoms with E-state index in [1.54, 1.807) is 23.9 Å². The maximum Gasteiger partial charge on any atom is 0.358 e. The van der Waals surface area contributed by atoms with Crippen molar-refractivity contribution in [3.8, 4) is 5.13 Å². The Morgan fingerprint density at radius 3 is 2.95 bits per heavy atom. The number of hydrogen-bond acceptors (Lipinski definition) is 5. The van der Waals surface area contributed by atoms with E-state index in [-0.39, 0.29) is 5.69 Å².